The van der Waals surface area contributed by atoms with Gasteiger partial charge in [-0.2, -0.15) is 5.10 Å². The van der Waals surface area contributed by atoms with E-state index in [4.69, 9.17) is 0 Å². The SMILES string of the molecule is CNCc1ccc(CNC(=O)c2c(C)nn(C)c2C)cc1. The number of aromatic nitrogens is 2. The Morgan fingerprint density at radius 2 is 1.71 bits per heavy atom. The Kier molecular flexibility index (Phi) is 4.75. The van der Waals surface area contributed by atoms with Crippen molar-refractivity contribution in [1.82, 2.24) is 20.4 Å². The van der Waals surface area contributed by atoms with Gasteiger partial charge in [0.1, 0.15) is 0 Å². The average molecular weight is 286 g/mol. The van der Waals surface area contributed by atoms with Gasteiger partial charge in [-0.1, -0.05) is 24.3 Å². The second-order valence-electron chi connectivity index (χ2n) is 5.20. The van der Waals surface area contributed by atoms with Crippen LogP contribution < -0.4 is 10.6 Å². The van der Waals surface area contributed by atoms with Gasteiger partial charge >= 0.3 is 0 Å². The van der Waals surface area contributed by atoms with E-state index in [1.165, 1.54) is 5.56 Å². The van der Waals surface area contributed by atoms with Crippen LogP contribution in [-0.2, 0) is 20.1 Å². The van der Waals surface area contributed by atoms with Crippen molar-refractivity contribution in [1.29, 1.82) is 0 Å². The van der Waals surface area contributed by atoms with Crippen LogP contribution in [0.2, 0.25) is 0 Å². The molecule has 112 valence electrons. The zero-order chi connectivity index (χ0) is 15.4. The van der Waals surface area contributed by atoms with Crippen molar-refractivity contribution in [2.24, 2.45) is 7.05 Å². The molecule has 2 aromatic rings. The second kappa shape index (κ2) is 6.54. The summed E-state index contributed by atoms with van der Waals surface area (Å²) in [4.78, 5) is 12.3. The van der Waals surface area contributed by atoms with E-state index < -0.39 is 0 Å². The van der Waals surface area contributed by atoms with Crippen molar-refractivity contribution in [2.75, 3.05) is 7.05 Å². The molecule has 2 rings (SSSR count). The first-order valence-corrected chi connectivity index (χ1v) is 7.03. The number of nitrogens with zero attached hydrogens (tertiary/aromatic N) is 2. The third-order valence-electron chi connectivity index (χ3n) is 3.59. The number of amides is 1. The maximum absolute atomic E-state index is 12.3. The van der Waals surface area contributed by atoms with Crippen LogP contribution in [0.4, 0.5) is 0 Å². The number of hydrogen-bond acceptors (Lipinski definition) is 3. The zero-order valence-electron chi connectivity index (χ0n) is 13.0. The summed E-state index contributed by atoms with van der Waals surface area (Å²) in [6.45, 7) is 5.13. The lowest BCUT2D eigenvalue weighted by atomic mass is 10.1. The van der Waals surface area contributed by atoms with Gasteiger partial charge in [-0.3, -0.25) is 9.48 Å². The Labute approximate surface area is 125 Å². The minimum absolute atomic E-state index is 0.0719. The van der Waals surface area contributed by atoms with Gasteiger partial charge in [0.2, 0.25) is 0 Å². The van der Waals surface area contributed by atoms with Gasteiger partial charge in [0, 0.05) is 25.8 Å². The Morgan fingerprint density at radius 3 is 2.19 bits per heavy atom. The van der Waals surface area contributed by atoms with Gasteiger partial charge in [0.25, 0.3) is 5.91 Å². The number of aryl methyl sites for hydroxylation is 2. The predicted molar refractivity (Wildman–Crippen MR) is 83.1 cm³/mol. The highest BCUT2D eigenvalue weighted by molar-refractivity contribution is 5.96. The Hall–Kier alpha value is -2.14. The standard InChI is InChI=1S/C16H22N4O/c1-11-15(12(2)20(4)19-11)16(21)18-10-14-7-5-13(6-8-14)9-17-3/h5-8,17H,9-10H2,1-4H3,(H,18,21). The molecule has 1 heterocycles. The quantitative estimate of drug-likeness (QED) is 0.879. The molecular weight excluding hydrogens is 264 g/mol. The molecule has 1 aromatic carbocycles. The van der Waals surface area contributed by atoms with Crippen LogP contribution in [0.25, 0.3) is 0 Å². The molecule has 0 aliphatic heterocycles. The van der Waals surface area contributed by atoms with Crippen LogP contribution in [0.3, 0.4) is 0 Å². The molecule has 0 spiro atoms. The maximum atomic E-state index is 12.3. The normalized spacial score (nSPS) is 10.7. The number of carbonyl (C=O) groups is 1. The van der Waals surface area contributed by atoms with Crippen LogP contribution in [0.1, 0.15) is 32.9 Å². The molecule has 0 unspecified atom stereocenters. The minimum atomic E-state index is -0.0719. The molecule has 2 N–H and O–H groups in total. The van der Waals surface area contributed by atoms with Gasteiger partial charge < -0.3 is 10.6 Å². The molecule has 0 aliphatic carbocycles. The summed E-state index contributed by atoms with van der Waals surface area (Å²) in [6, 6.07) is 8.21. The third kappa shape index (κ3) is 3.49. The fourth-order valence-electron chi connectivity index (χ4n) is 2.35. The molecule has 1 aromatic heterocycles. The maximum Gasteiger partial charge on any atom is 0.255 e. The number of carbonyl (C=O) groups excluding carboxylic acids is 1. The Bertz CT molecular complexity index is 628. The predicted octanol–water partition coefficient (Wildman–Crippen LogP) is 1.69. The zero-order valence-corrected chi connectivity index (χ0v) is 13.0. The lowest BCUT2D eigenvalue weighted by Crippen LogP contribution is -2.24. The summed E-state index contributed by atoms with van der Waals surface area (Å²) < 4.78 is 1.73. The van der Waals surface area contributed by atoms with Crippen LogP contribution in [0.5, 0.6) is 0 Å². The number of rotatable bonds is 5. The molecule has 5 nitrogen and oxygen atoms in total. The monoisotopic (exact) mass is 286 g/mol. The molecule has 0 saturated heterocycles. The number of benzene rings is 1. The molecule has 5 heteroatoms. The van der Waals surface area contributed by atoms with Crippen molar-refractivity contribution in [3.8, 4) is 0 Å². The van der Waals surface area contributed by atoms with Crippen LogP contribution in [0, 0.1) is 13.8 Å². The summed E-state index contributed by atoms with van der Waals surface area (Å²) in [5.41, 5.74) is 4.63. The second-order valence-corrected chi connectivity index (χ2v) is 5.20. The number of hydrogen-bond donors (Lipinski definition) is 2. The molecule has 0 bridgehead atoms. The van der Waals surface area contributed by atoms with Gasteiger partial charge in [0.05, 0.1) is 11.3 Å². The van der Waals surface area contributed by atoms with E-state index in [1.807, 2.05) is 40.1 Å². The van der Waals surface area contributed by atoms with E-state index in [1.54, 1.807) is 4.68 Å². The van der Waals surface area contributed by atoms with Crippen molar-refractivity contribution in [2.45, 2.75) is 26.9 Å². The van der Waals surface area contributed by atoms with E-state index in [2.05, 4.69) is 27.9 Å². The Balaban J connectivity index is 2.00. The van der Waals surface area contributed by atoms with Crippen molar-refractivity contribution in [3.05, 3.63) is 52.3 Å². The van der Waals surface area contributed by atoms with Crippen molar-refractivity contribution in [3.63, 3.8) is 0 Å². The Morgan fingerprint density at radius 1 is 1.14 bits per heavy atom. The van der Waals surface area contributed by atoms with Crippen LogP contribution in [-0.4, -0.2) is 22.7 Å². The van der Waals surface area contributed by atoms with Crippen molar-refractivity contribution < 1.29 is 4.79 Å². The van der Waals surface area contributed by atoms with Crippen LogP contribution >= 0.6 is 0 Å². The fourth-order valence-corrected chi connectivity index (χ4v) is 2.35. The lowest BCUT2D eigenvalue weighted by Gasteiger charge is -2.07. The summed E-state index contributed by atoms with van der Waals surface area (Å²) in [5.74, 6) is -0.0719. The smallest absolute Gasteiger partial charge is 0.255 e. The van der Waals surface area contributed by atoms with Gasteiger partial charge in [-0.05, 0) is 32.0 Å². The molecule has 21 heavy (non-hydrogen) atoms. The van der Waals surface area contributed by atoms with Crippen LogP contribution in [0.15, 0.2) is 24.3 Å². The number of nitrogens with one attached hydrogen (secondary N) is 2. The summed E-state index contributed by atoms with van der Waals surface area (Å²) in [7, 11) is 3.77. The first-order valence-electron chi connectivity index (χ1n) is 7.03. The fraction of sp³-hybridized carbons (Fsp3) is 0.375. The highest BCUT2D eigenvalue weighted by Gasteiger charge is 2.16. The highest BCUT2D eigenvalue weighted by atomic mass is 16.1. The molecule has 0 radical (unpaired) electrons. The molecule has 0 fully saturated rings. The van der Waals surface area contributed by atoms with E-state index in [9.17, 15) is 4.79 Å². The first-order chi connectivity index (χ1) is 10.0. The summed E-state index contributed by atoms with van der Waals surface area (Å²) in [6.07, 6.45) is 0. The first kappa shape index (κ1) is 15.3. The van der Waals surface area contributed by atoms with Gasteiger partial charge in [-0.15, -0.1) is 0 Å². The van der Waals surface area contributed by atoms with E-state index >= 15 is 0 Å². The largest absolute Gasteiger partial charge is 0.348 e. The molecule has 1 amide bonds. The van der Waals surface area contributed by atoms with Gasteiger partial charge in [-0.25, -0.2) is 0 Å². The van der Waals surface area contributed by atoms with Crippen molar-refractivity contribution >= 4 is 5.91 Å². The summed E-state index contributed by atoms with van der Waals surface area (Å²) in [5, 5.41) is 10.3. The topological polar surface area (TPSA) is 58.9 Å². The highest BCUT2D eigenvalue weighted by Crippen LogP contribution is 2.12. The summed E-state index contributed by atoms with van der Waals surface area (Å²) >= 11 is 0. The average Bonchev–Trinajstić information content (AvgIpc) is 2.71. The van der Waals surface area contributed by atoms with E-state index in [0.717, 1.165) is 23.5 Å². The molecule has 0 atom stereocenters. The van der Waals surface area contributed by atoms with E-state index in [0.29, 0.717) is 12.1 Å². The van der Waals surface area contributed by atoms with Gasteiger partial charge in [0.15, 0.2) is 0 Å². The third-order valence-corrected chi connectivity index (χ3v) is 3.59. The lowest BCUT2D eigenvalue weighted by molar-refractivity contribution is 0.0949. The molecular formula is C16H22N4O. The molecule has 0 aliphatic rings. The minimum Gasteiger partial charge on any atom is -0.348 e. The molecule has 0 saturated carbocycles. The van der Waals surface area contributed by atoms with E-state index in [-0.39, 0.29) is 5.91 Å².